The number of hydrogen-bond acceptors (Lipinski definition) is 3. The van der Waals surface area contributed by atoms with Crippen molar-refractivity contribution in [2.24, 2.45) is 0 Å². The fraction of sp³-hybridized carbons (Fsp3) is 0.500. The van der Waals surface area contributed by atoms with Crippen molar-refractivity contribution in [3.05, 3.63) is 28.8 Å². The van der Waals surface area contributed by atoms with E-state index in [1.54, 1.807) is 18.2 Å². The third-order valence-electron chi connectivity index (χ3n) is 3.29. The molecule has 3 nitrogen and oxygen atoms in total. The predicted molar refractivity (Wildman–Crippen MR) is 72.8 cm³/mol. The van der Waals surface area contributed by atoms with Crippen LogP contribution in [0.2, 0.25) is 5.02 Å². The van der Waals surface area contributed by atoms with E-state index in [1.165, 1.54) is 12.8 Å². The maximum Gasteiger partial charge on any atom is 0.339 e. The molecule has 0 bridgehead atoms. The third-order valence-corrected chi connectivity index (χ3v) is 3.60. The molecule has 1 aliphatic rings. The summed E-state index contributed by atoms with van der Waals surface area (Å²) in [6, 6.07) is 4.86. The molecule has 1 saturated carbocycles. The Hall–Kier alpha value is -1.22. The van der Waals surface area contributed by atoms with Gasteiger partial charge in [0.1, 0.15) is 6.10 Å². The van der Waals surface area contributed by atoms with E-state index in [-0.39, 0.29) is 12.1 Å². The molecule has 0 aliphatic heterocycles. The van der Waals surface area contributed by atoms with Crippen LogP contribution in [0.1, 0.15) is 48.9 Å². The second kappa shape index (κ2) is 6.10. The first-order chi connectivity index (χ1) is 8.66. The SMILES string of the molecule is Nc1ccc(C(=O)OC2CCCCCC2)c(Cl)c1. The van der Waals surface area contributed by atoms with Crippen LogP contribution in [0.4, 0.5) is 5.69 Å². The molecule has 1 aliphatic carbocycles. The van der Waals surface area contributed by atoms with E-state index in [2.05, 4.69) is 0 Å². The number of ether oxygens (including phenoxy) is 1. The molecule has 2 rings (SSSR count). The van der Waals surface area contributed by atoms with Crippen LogP contribution in [-0.4, -0.2) is 12.1 Å². The van der Waals surface area contributed by atoms with E-state index < -0.39 is 0 Å². The highest BCUT2D eigenvalue weighted by Gasteiger charge is 2.19. The van der Waals surface area contributed by atoms with Gasteiger partial charge in [0, 0.05) is 5.69 Å². The first-order valence-electron chi connectivity index (χ1n) is 6.43. The normalized spacial score (nSPS) is 17.2. The number of nitrogens with two attached hydrogens (primary N) is 1. The number of nitrogen functional groups attached to an aromatic ring is 1. The molecule has 1 aromatic carbocycles. The van der Waals surface area contributed by atoms with Crippen molar-refractivity contribution in [1.29, 1.82) is 0 Å². The molecule has 4 heteroatoms. The van der Waals surface area contributed by atoms with E-state index in [0.717, 1.165) is 25.7 Å². The molecule has 18 heavy (non-hydrogen) atoms. The van der Waals surface area contributed by atoms with Gasteiger partial charge in [-0.05, 0) is 43.9 Å². The quantitative estimate of drug-likeness (QED) is 0.504. The van der Waals surface area contributed by atoms with Gasteiger partial charge in [0.2, 0.25) is 0 Å². The molecule has 0 heterocycles. The van der Waals surface area contributed by atoms with Crippen molar-refractivity contribution < 1.29 is 9.53 Å². The topological polar surface area (TPSA) is 52.3 Å². The van der Waals surface area contributed by atoms with Crippen LogP contribution in [0.5, 0.6) is 0 Å². The molecular formula is C14H18ClNO2. The highest BCUT2D eigenvalue weighted by Crippen LogP contribution is 2.24. The summed E-state index contributed by atoms with van der Waals surface area (Å²) < 4.78 is 5.51. The number of rotatable bonds is 2. The Morgan fingerprint density at radius 3 is 2.50 bits per heavy atom. The lowest BCUT2D eigenvalue weighted by atomic mass is 10.1. The maximum atomic E-state index is 12.0. The number of hydrogen-bond donors (Lipinski definition) is 1. The van der Waals surface area contributed by atoms with Crippen LogP contribution in [-0.2, 0) is 4.74 Å². The zero-order chi connectivity index (χ0) is 13.0. The minimum absolute atomic E-state index is 0.0358. The van der Waals surface area contributed by atoms with E-state index in [1.807, 2.05) is 0 Å². The summed E-state index contributed by atoms with van der Waals surface area (Å²) in [7, 11) is 0. The number of anilines is 1. The largest absolute Gasteiger partial charge is 0.459 e. The van der Waals surface area contributed by atoms with Gasteiger partial charge >= 0.3 is 5.97 Å². The average molecular weight is 268 g/mol. The van der Waals surface area contributed by atoms with Gasteiger partial charge in [-0.2, -0.15) is 0 Å². The second-order valence-corrected chi connectivity index (χ2v) is 5.17. The molecule has 0 saturated heterocycles. The molecule has 0 spiro atoms. The summed E-state index contributed by atoms with van der Waals surface area (Å²) in [4.78, 5) is 12.0. The van der Waals surface area contributed by atoms with Gasteiger partial charge in [-0.15, -0.1) is 0 Å². The van der Waals surface area contributed by atoms with Crippen LogP contribution >= 0.6 is 11.6 Å². The Labute approximate surface area is 112 Å². The zero-order valence-electron chi connectivity index (χ0n) is 10.3. The molecule has 0 amide bonds. The summed E-state index contributed by atoms with van der Waals surface area (Å²) in [5, 5.41) is 0.355. The molecule has 0 unspecified atom stereocenters. The lowest BCUT2D eigenvalue weighted by Gasteiger charge is -2.15. The average Bonchev–Trinajstić information content (AvgIpc) is 2.57. The third kappa shape index (κ3) is 3.39. The van der Waals surface area contributed by atoms with Gasteiger partial charge in [-0.25, -0.2) is 4.79 Å². The number of carbonyl (C=O) groups excluding carboxylic acids is 1. The fourth-order valence-electron chi connectivity index (χ4n) is 2.27. The highest BCUT2D eigenvalue weighted by molar-refractivity contribution is 6.33. The summed E-state index contributed by atoms with van der Waals surface area (Å²) in [5.74, 6) is -0.341. The van der Waals surface area contributed by atoms with Crippen molar-refractivity contribution >= 4 is 23.3 Å². The molecule has 0 aromatic heterocycles. The molecule has 2 N–H and O–H groups in total. The van der Waals surface area contributed by atoms with Gasteiger partial charge in [0.25, 0.3) is 0 Å². The zero-order valence-corrected chi connectivity index (χ0v) is 11.1. The molecule has 0 radical (unpaired) electrons. The van der Waals surface area contributed by atoms with Crippen LogP contribution in [0, 0.1) is 0 Å². The molecule has 98 valence electrons. The predicted octanol–water partition coefficient (Wildman–Crippen LogP) is 3.80. The minimum Gasteiger partial charge on any atom is -0.459 e. The van der Waals surface area contributed by atoms with Crippen molar-refractivity contribution in [3.63, 3.8) is 0 Å². The number of benzene rings is 1. The van der Waals surface area contributed by atoms with Gasteiger partial charge < -0.3 is 10.5 Å². The van der Waals surface area contributed by atoms with E-state index >= 15 is 0 Å². The van der Waals surface area contributed by atoms with Crippen LogP contribution in [0.3, 0.4) is 0 Å². The van der Waals surface area contributed by atoms with Gasteiger partial charge in [-0.3, -0.25) is 0 Å². The monoisotopic (exact) mass is 267 g/mol. The molecule has 1 aromatic rings. The lowest BCUT2D eigenvalue weighted by Crippen LogP contribution is -2.17. The Balaban J connectivity index is 2.02. The smallest absolute Gasteiger partial charge is 0.339 e. The number of carbonyl (C=O) groups is 1. The van der Waals surface area contributed by atoms with Crippen molar-refractivity contribution in [3.8, 4) is 0 Å². The second-order valence-electron chi connectivity index (χ2n) is 4.76. The van der Waals surface area contributed by atoms with Crippen molar-refractivity contribution in [1.82, 2.24) is 0 Å². The van der Waals surface area contributed by atoms with Gasteiger partial charge in [0.15, 0.2) is 0 Å². The summed E-state index contributed by atoms with van der Waals surface area (Å²) in [6.45, 7) is 0. The first kappa shape index (κ1) is 13.2. The number of esters is 1. The standard InChI is InChI=1S/C14H18ClNO2/c15-13-9-10(16)7-8-12(13)14(17)18-11-5-3-1-2-4-6-11/h7-9,11H,1-6,16H2. The summed E-state index contributed by atoms with van der Waals surface area (Å²) in [6.07, 6.45) is 6.68. The minimum atomic E-state index is -0.341. The first-order valence-corrected chi connectivity index (χ1v) is 6.80. The molecule has 0 atom stereocenters. The Morgan fingerprint density at radius 2 is 1.89 bits per heavy atom. The summed E-state index contributed by atoms with van der Waals surface area (Å²) >= 11 is 5.99. The highest BCUT2D eigenvalue weighted by atomic mass is 35.5. The van der Waals surface area contributed by atoms with Crippen LogP contribution in [0.15, 0.2) is 18.2 Å². The van der Waals surface area contributed by atoms with Crippen molar-refractivity contribution in [2.75, 3.05) is 5.73 Å². The Morgan fingerprint density at radius 1 is 1.22 bits per heavy atom. The van der Waals surface area contributed by atoms with Crippen molar-refractivity contribution in [2.45, 2.75) is 44.6 Å². The van der Waals surface area contributed by atoms with E-state index in [0.29, 0.717) is 16.3 Å². The van der Waals surface area contributed by atoms with Gasteiger partial charge in [-0.1, -0.05) is 24.4 Å². The van der Waals surface area contributed by atoms with Crippen LogP contribution in [0.25, 0.3) is 0 Å². The maximum absolute atomic E-state index is 12.0. The molecular weight excluding hydrogens is 250 g/mol. The van der Waals surface area contributed by atoms with Gasteiger partial charge in [0.05, 0.1) is 10.6 Å². The van der Waals surface area contributed by atoms with E-state index in [9.17, 15) is 4.79 Å². The van der Waals surface area contributed by atoms with E-state index in [4.69, 9.17) is 22.1 Å². The Bertz CT molecular complexity index is 426. The number of halogens is 1. The molecule has 1 fully saturated rings. The summed E-state index contributed by atoms with van der Waals surface area (Å²) in [5.41, 5.74) is 6.54. The lowest BCUT2D eigenvalue weighted by molar-refractivity contribution is 0.0267. The fourth-order valence-corrected chi connectivity index (χ4v) is 2.54. The van der Waals surface area contributed by atoms with Crippen LogP contribution < -0.4 is 5.73 Å². The Kier molecular flexibility index (Phi) is 4.48.